The first-order valence-corrected chi connectivity index (χ1v) is 30.7. The van der Waals surface area contributed by atoms with Crippen LogP contribution in [-0.2, 0) is 4.74 Å². The number of hydrogen-bond donors (Lipinski definition) is 1. The summed E-state index contributed by atoms with van der Waals surface area (Å²) >= 11 is 0. The Balaban J connectivity index is 0. The summed E-state index contributed by atoms with van der Waals surface area (Å²) in [5, 5.41) is 3.63. The Hall–Kier alpha value is -1.37. The molecule has 0 fully saturated rings. The second kappa shape index (κ2) is 61.7. The number of hydrogen-bond acceptors (Lipinski definition) is 5. The van der Waals surface area contributed by atoms with E-state index in [4.69, 9.17) is 4.74 Å². The summed E-state index contributed by atoms with van der Waals surface area (Å²) in [5.74, 6) is 0. The fourth-order valence-electron chi connectivity index (χ4n) is 8.80. The minimum atomic E-state index is -0.111. The lowest BCUT2D eigenvalue weighted by Gasteiger charge is -2.24. The number of ether oxygens (including phenoxy) is 1. The van der Waals surface area contributed by atoms with Crippen molar-refractivity contribution in [2.24, 2.45) is 0 Å². The van der Waals surface area contributed by atoms with Gasteiger partial charge in [0.25, 0.3) is 0 Å². The molecule has 6 heteroatoms. The van der Waals surface area contributed by atoms with Crippen molar-refractivity contribution in [1.29, 1.82) is 0 Å². The van der Waals surface area contributed by atoms with Gasteiger partial charge in [-0.15, -0.1) is 0 Å². The summed E-state index contributed by atoms with van der Waals surface area (Å²) in [7, 11) is 6.28. The van der Waals surface area contributed by atoms with Gasteiger partial charge >= 0.3 is 6.09 Å². The quantitative estimate of drug-likeness (QED) is 0.0486. The first-order chi connectivity index (χ1) is 33.4. The third kappa shape index (κ3) is 60.8. The van der Waals surface area contributed by atoms with Crippen LogP contribution in [0.2, 0.25) is 0 Å². The smallest absolute Gasteiger partial charge is 0.409 e. The molecule has 0 aliphatic rings. The predicted octanol–water partition coefficient (Wildman–Crippen LogP) is 19.1. The Bertz CT molecular complexity index is 986. The molecule has 0 aromatic rings. The monoisotopic (exact) mass is 959 g/mol. The van der Waals surface area contributed by atoms with Crippen LogP contribution in [0, 0.1) is 0 Å². The van der Waals surface area contributed by atoms with E-state index in [0.717, 1.165) is 45.6 Å². The highest BCUT2D eigenvalue weighted by Gasteiger charge is 2.15. The molecule has 0 aromatic heterocycles. The van der Waals surface area contributed by atoms with Crippen molar-refractivity contribution in [3.8, 4) is 0 Å². The highest BCUT2D eigenvalue weighted by molar-refractivity contribution is 5.67. The van der Waals surface area contributed by atoms with Crippen molar-refractivity contribution in [2.75, 3.05) is 73.6 Å². The maximum Gasteiger partial charge on any atom is 0.409 e. The Labute approximate surface area is 429 Å². The lowest BCUT2D eigenvalue weighted by molar-refractivity contribution is 0.0914. The van der Waals surface area contributed by atoms with Gasteiger partial charge in [-0.2, -0.15) is 0 Å². The van der Waals surface area contributed by atoms with Gasteiger partial charge in [-0.1, -0.05) is 245 Å². The molecular formula is C62H126N4O2. The van der Waals surface area contributed by atoms with Gasteiger partial charge in [-0.3, -0.25) is 0 Å². The molecule has 68 heavy (non-hydrogen) atoms. The van der Waals surface area contributed by atoms with Gasteiger partial charge in [0, 0.05) is 32.7 Å². The Morgan fingerprint density at radius 2 is 0.647 bits per heavy atom. The van der Waals surface area contributed by atoms with E-state index in [0.29, 0.717) is 6.61 Å². The van der Waals surface area contributed by atoms with E-state index in [1.54, 1.807) is 0 Å². The summed E-state index contributed by atoms with van der Waals surface area (Å²) in [4.78, 5) is 19.3. The van der Waals surface area contributed by atoms with Gasteiger partial charge in [-0.05, 0) is 111 Å². The van der Waals surface area contributed by atoms with Crippen LogP contribution in [0.1, 0.15) is 297 Å². The standard InChI is InChI=1S/C35H71N3O2.C27H55N/c1-6-8-10-12-14-15-16-17-18-19-20-21-22-24-26-28-30-38(29-27-25-23-13-11-9-7-2)35(39)40-34-33-37(5)32-31-36(3)4;1-3-5-7-9-11-12-13-14-15-16-17-18-19-21-23-25-27-28-26-24-22-20-10-8-6-4-2/h17-18H,6-16,19-34H2,1-5H3;14-15,28H,3-13,16-27H2,1-2H3/b18-17-;15-14-. The second-order valence-electron chi connectivity index (χ2n) is 21.1. The largest absolute Gasteiger partial charge is 0.448 e. The molecule has 0 saturated heterocycles. The van der Waals surface area contributed by atoms with Gasteiger partial charge in [-0.25, -0.2) is 4.79 Å². The van der Waals surface area contributed by atoms with E-state index in [1.807, 2.05) is 4.90 Å². The summed E-state index contributed by atoms with van der Waals surface area (Å²) in [6.45, 7) is 16.5. The molecule has 0 aromatic carbocycles. The van der Waals surface area contributed by atoms with E-state index in [-0.39, 0.29) is 6.09 Å². The van der Waals surface area contributed by atoms with Crippen LogP contribution < -0.4 is 5.32 Å². The molecule has 0 atom stereocenters. The predicted molar refractivity (Wildman–Crippen MR) is 307 cm³/mol. The van der Waals surface area contributed by atoms with Gasteiger partial charge in [0.1, 0.15) is 6.61 Å². The molecule has 0 unspecified atom stereocenters. The van der Waals surface area contributed by atoms with Crippen LogP contribution >= 0.6 is 0 Å². The number of nitrogens with zero attached hydrogens (tertiary/aromatic N) is 3. The fourth-order valence-corrected chi connectivity index (χ4v) is 8.80. The first-order valence-electron chi connectivity index (χ1n) is 30.7. The number of nitrogens with one attached hydrogen (secondary N) is 1. The highest BCUT2D eigenvalue weighted by Crippen LogP contribution is 2.14. The molecule has 0 rings (SSSR count). The molecular weight excluding hydrogens is 833 g/mol. The Kier molecular flexibility index (Phi) is 62.4. The maximum absolute atomic E-state index is 12.9. The number of rotatable bonds is 54. The zero-order valence-electron chi connectivity index (χ0n) is 47.8. The van der Waals surface area contributed by atoms with Crippen molar-refractivity contribution in [3.63, 3.8) is 0 Å². The molecule has 6 nitrogen and oxygen atoms in total. The molecule has 0 bridgehead atoms. The zero-order valence-corrected chi connectivity index (χ0v) is 47.8. The third-order valence-corrected chi connectivity index (χ3v) is 13.7. The second-order valence-corrected chi connectivity index (χ2v) is 21.1. The number of likely N-dealkylation sites (N-methyl/N-ethyl adjacent to an activating group) is 2. The van der Waals surface area contributed by atoms with Crippen molar-refractivity contribution in [1.82, 2.24) is 20.0 Å². The van der Waals surface area contributed by atoms with Crippen LogP contribution in [-0.4, -0.2) is 94.4 Å². The number of carbonyl (C=O) groups is 1. The minimum absolute atomic E-state index is 0.111. The van der Waals surface area contributed by atoms with E-state index in [1.165, 1.54) is 270 Å². The lowest BCUT2D eigenvalue weighted by atomic mass is 10.1. The van der Waals surface area contributed by atoms with E-state index < -0.39 is 0 Å². The molecule has 0 heterocycles. The maximum atomic E-state index is 12.9. The van der Waals surface area contributed by atoms with Gasteiger partial charge in [0.2, 0.25) is 0 Å². The molecule has 1 N–H and O–H groups in total. The van der Waals surface area contributed by atoms with Crippen LogP contribution in [0.5, 0.6) is 0 Å². The van der Waals surface area contributed by atoms with Crippen molar-refractivity contribution in [2.45, 2.75) is 297 Å². The lowest BCUT2D eigenvalue weighted by Crippen LogP contribution is -2.36. The fraction of sp³-hybridized carbons (Fsp3) is 0.919. The summed E-state index contributed by atoms with van der Waals surface area (Å²) in [6, 6.07) is 0. The average Bonchev–Trinajstić information content (AvgIpc) is 3.33. The van der Waals surface area contributed by atoms with Crippen LogP contribution in [0.3, 0.4) is 0 Å². The summed E-state index contributed by atoms with van der Waals surface area (Å²) < 4.78 is 5.70. The summed E-state index contributed by atoms with van der Waals surface area (Å²) in [5.41, 5.74) is 0. The molecule has 0 radical (unpaired) electrons. The molecule has 406 valence electrons. The highest BCUT2D eigenvalue weighted by atomic mass is 16.6. The SMILES string of the molecule is CCCCCCCC/C=C\CCCCCCCCN(CCCCCCCCC)C(=O)OCCN(C)CCN(C)C.CCCCCCCC/C=C\CCCCCCCCNCCCCCCCCC. The normalized spacial score (nSPS) is 11.7. The van der Waals surface area contributed by atoms with E-state index in [9.17, 15) is 4.79 Å². The number of amides is 1. The Morgan fingerprint density at radius 3 is 0.971 bits per heavy atom. The van der Waals surface area contributed by atoms with Gasteiger partial charge in [0.15, 0.2) is 0 Å². The molecule has 0 spiro atoms. The van der Waals surface area contributed by atoms with Crippen molar-refractivity contribution in [3.05, 3.63) is 24.3 Å². The van der Waals surface area contributed by atoms with Crippen molar-refractivity contribution >= 4 is 6.09 Å². The summed E-state index contributed by atoms with van der Waals surface area (Å²) in [6.07, 6.45) is 66.3. The first kappa shape index (κ1) is 68.7. The zero-order chi connectivity index (χ0) is 49.9. The third-order valence-electron chi connectivity index (χ3n) is 13.7. The van der Waals surface area contributed by atoms with E-state index >= 15 is 0 Å². The minimum Gasteiger partial charge on any atom is -0.448 e. The van der Waals surface area contributed by atoms with Gasteiger partial charge < -0.3 is 24.8 Å². The topological polar surface area (TPSA) is 48.1 Å². The van der Waals surface area contributed by atoms with Crippen molar-refractivity contribution < 1.29 is 9.53 Å². The molecule has 1 amide bonds. The molecule has 0 aliphatic heterocycles. The number of unbranched alkanes of at least 4 members (excludes halogenated alkanes) is 36. The van der Waals surface area contributed by atoms with E-state index in [2.05, 4.69) is 88.3 Å². The Morgan fingerprint density at radius 1 is 0.353 bits per heavy atom. The van der Waals surface area contributed by atoms with Gasteiger partial charge in [0.05, 0.1) is 0 Å². The number of allylic oxidation sites excluding steroid dienone is 4. The van der Waals surface area contributed by atoms with Crippen LogP contribution in [0.4, 0.5) is 4.79 Å². The number of carbonyl (C=O) groups excluding carboxylic acids is 1. The van der Waals surface area contributed by atoms with Crippen LogP contribution in [0.25, 0.3) is 0 Å². The van der Waals surface area contributed by atoms with Crippen LogP contribution in [0.15, 0.2) is 24.3 Å². The molecule has 0 aliphatic carbocycles. The molecule has 0 saturated carbocycles. The average molecular weight is 960 g/mol.